The van der Waals surface area contributed by atoms with Crippen LogP contribution in [0.5, 0.6) is 0 Å². The lowest BCUT2D eigenvalue weighted by molar-refractivity contribution is -0.123. The van der Waals surface area contributed by atoms with Crippen molar-refractivity contribution in [2.45, 2.75) is 107 Å². The van der Waals surface area contributed by atoms with Crippen LogP contribution in [0.15, 0.2) is 0 Å². The fourth-order valence-corrected chi connectivity index (χ4v) is 6.50. The van der Waals surface area contributed by atoms with Crippen LogP contribution >= 0.6 is 24.4 Å². The first-order valence-electron chi connectivity index (χ1n) is 14.6. The second-order valence-corrected chi connectivity index (χ2v) is 11.9. The van der Waals surface area contributed by atoms with E-state index in [0.717, 1.165) is 50.0 Å². The Kier molecular flexibility index (Phi) is 18.8. The van der Waals surface area contributed by atoms with Crippen LogP contribution in [0, 0.1) is 0 Å². The maximum atomic E-state index is 12.0. The molecule has 2 aliphatic rings. The molecule has 0 bridgehead atoms. The average Bonchev–Trinajstić information content (AvgIpc) is 3.45. The monoisotopic (exact) mass is 574 g/mol. The topological polar surface area (TPSA) is 118 Å². The second kappa shape index (κ2) is 21.6. The molecule has 2 saturated heterocycles. The Hall–Kier alpha value is -1.17. The van der Waals surface area contributed by atoms with Crippen molar-refractivity contribution in [3.8, 4) is 0 Å². The van der Waals surface area contributed by atoms with Gasteiger partial charge >= 0.3 is 6.03 Å². The number of thioether (sulfide) groups is 1. The third kappa shape index (κ3) is 15.4. The van der Waals surface area contributed by atoms with Gasteiger partial charge in [0.25, 0.3) is 0 Å². The summed E-state index contributed by atoms with van der Waals surface area (Å²) in [5.41, 5.74) is 0. The van der Waals surface area contributed by atoms with Crippen molar-refractivity contribution in [3.05, 3.63) is 0 Å². The van der Waals surface area contributed by atoms with Crippen molar-refractivity contribution >= 4 is 42.2 Å². The van der Waals surface area contributed by atoms with Gasteiger partial charge in [0.2, 0.25) is 11.8 Å². The summed E-state index contributed by atoms with van der Waals surface area (Å²) in [5.74, 6) is 2.07. The van der Waals surface area contributed by atoms with Crippen molar-refractivity contribution < 1.29 is 23.9 Å². The quantitative estimate of drug-likeness (QED) is 0.0519. The molecular weight excluding hydrogens is 524 g/mol. The third-order valence-electron chi connectivity index (χ3n) is 6.92. The molecule has 0 radical (unpaired) electrons. The van der Waals surface area contributed by atoms with Crippen LogP contribution < -0.4 is 21.3 Å². The molecule has 11 heteroatoms. The highest BCUT2D eigenvalue weighted by atomic mass is 32.2. The summed E-state index contributed by atoms with van der Waals surface area (Å²) in [7, 11) is 0. The highest BCUT2D eigenvalue weighted by Crippen LogP contribution is 2.33. The minimum Gasteiger partial charge on any atom is -0.379 e. The highest BCUT2D eigenvalue weighted by Gasteiger charge is 2.42. The van der Waals surface area contributed by atoms with Gasteiger partial charge < -0.3 is 30.7 Å². The van der Waals surface area contributed by atoms with Gasteiger partial charge in [-0.1, -0.05) is 44.9 Å². The van der Waals surface area contributed by atoms with E-state index in [2.05, 4.69) is 33.9 Å². The summed E-state index contributed by atoms with van der Waals surface area (Å²) in [6.45, 7) is 2.28. The third-order valence-corrected chi connectivity index (χ3v) is 8.75. The van der Waals surface area contributed by atoms with Gasteiger partial charge in [0, 0.05) is 37.0 Å². The van der Waals surface area contributed by atoms with E-state index in [1.54, 1.807) is 0 Å². The highest BCUT2D eigenvalue weighted by molar-refractivity contribution is 8.00. The smallest absolute Gasteiger partial charge is 0.315 e. The molecule has 220 valence electrons. The number of unbranched alkanes of at least 4 members (excludes halogenated alkanes) is 8. The number of nitrogens with one attached hydrogen (secondary N) is 4. The first-order chi connectivity index (χ1) is 18.6. The minimum atomic E-state index is -0.0583. The number of ether oxygens (including phenoxy) is 2. The molecule has 4 N–H and O–H groups in total. The standard InChI is InChI=1S/C27H50N4O5S2/c32-24(13-7-5-3-1-2-4-6-10-19-37)28-15-11-16-35-17-18-36-21-29-25(33)14-9-8-12-23-26-22(20-38-23)30-27(34)31-26/h22-23,26,37H,1-21H2,(H,28,32)(H,29,33)(H2,30,31,34)/t22-,23-,26-/m0/s1. The van der Waals surface area contributed by atoms with E-state index in [-0.39, 0.29) is 36.7 Å². The molecule has 0 unspecified atom stereocenters. The summed E-state index contributed by atoms with van der Waals surface area (Å²) in [6.07, 6.45) is 14.4. The van der Waals surface area contributed by atoms with E-state index in [1.807, 2.05) is 11.8 Å². The fraction of sp³-hybridized carbons (Fsp3) is 0.889. The molecule has 2 aliphatic heterocycles. The number of carbonyl (C=O) groups is 3. The van der Waals surface area contributed by atoms with Crippen LogP contribution in [0.25, 0.3) is 0 Å². The Morgan fingerprint density at radius 3 is 2.24 bits per heavy atom. The molecule has 9 nitrogen and oxygen atoms in total. The van der Waals surface area contributed by atoms with Gasteiger partial charge in [0.1, 0.15) is 6.73 Å². The first kappa shape index (κ1) is 33.0. The van der Waals surface area contributed by atoms with Crippen molar-refractivity contribution in [1.82, 2.24) is 21.3 Å². The van der Waals surface area contributed by atoms with E-state index in [9.17, 15) is 14.4 Å². The van der Waals surface area contributed by atoms with Crippen molar-refractivity contribution in [1.29, 1.82) is 0 Å². The largest absolute Gasteiger partial charge is 0.379 e. The average molecular weight is 575 g/mol. The number of hydrogen-bond donors (Lipinski definition) is 5. The van der Waals surface area contributed by atoms with Crippen LogP contribution in [-0.4, -0.2) is 79.8 Å². The Bertz CT molecular complexity index is 673. The lowest BCUT2D eigenvalue weighted by atomic mass is 10.0. The predicted molar refractivity (Wildman–Crippen MR) is 157 cm³/mol. The Balaban J connectivity index is 1.27. The van der Waals surface area contributed by atoms with Crippen LogP contribution in [0.1, 0.15) is 89.9 Å². The van der Waals surface area contributed by atoms with Gasteiger partial charge in [-0.15, -0.1) is 0 Å². The van der Waals surface area contributed by atoms with E-state index >= 15 is 0 Å². The van der Waals surface area contributed by atoms with Gasteiger partial charge in [-0.3, -0.25) is 9.59 Å². The van der Waals surface area contributed by atoms with Crippen LogP contribution in [0.2, 0.25) is 0 Å². The van der Waals surface area contributed by atoms with Gasteiger partial charge in [0.15, 0.2) is 0 Å². The zero-order chi connectivity index (χ0) is 27.3. The minimum absolute atomic E-state index is 0.00522. The fourth-order valence-electron chi connectivity index (χ4n) is 4.73. The number of amides is 4. The van der Waals surface area contributed by atoms with E-state index in [1.165, 1.54) is 38.5 Å². The Morgan fingerprint density at radius 1 is 0.816 bits per heavy atom. The number of rotatable bonds is 24. The number of hydrogen-bond acceptors (Lipinski definition) is 7. The van der Waals surface area contributed by atoms with Gasteiger partial charge in [-0.2, -0.15) is 24.4 Å². The van der Waals surface area contributed by atoms with E-state index < -0.39 is 0 Å². The lowest BCUT2D eigenvalue weighted by Crippen LogP contribution is -2.36. The van der Waals surface area contributed by atoms with Crippen LogP contribution in [0.4, 0.5) is 4.79 Å². The Labute approximate surface area is 238 Å². The summed E-state index contributed by atoms with van der Waals surface area (Å²) in [4.78, 5) is 35.3. The van der Waals surface area contributed by atoms with Crippen LogP contribution in [0.3, 0.4) is 0 Å². The molecule has 2 heterocycles. The van der Waals surface area contributed by atoms with Crippen LogP contribution in [-0.2, 0) is 19.1 Å². The predicted octanol–water partition coefficient (Wildman–Crippen LogP) is 3.77. The lowest BCUT2D eigenvalue weighted by Gasteiger charge is -2.16. The first-order valence-corrected chi connectivity index (χ1v) is 16.3. The number of thiol groups is 1. The van der Waals surface area contributed by atoms with Gasteiger partial charge in [-0.25, -0.2) is 4.79 Å². The number of fused-ring (bicyclic) bond motifs is 1. The maximum Gasteiger partial charge on any atom is 0.315 e. The van der Waals surface area contributed by atoms with E-state index in [4.69, 9.17) is 9.47 Å². The molecule has 0 aromatic rings. The number of carbonyl (C=O) groups excluding carboxylic acids is 3. The van der Waals surface area contributed by atoms with E-state index in [0.29, 0.717) is 44.5 Å². The summed E-state index contributed by atoms with van der Waals surface area (Å²) >= 11 is 6.13. The summed E-state index contributed by atoms with van der Waals surface area (Å²) in [6, 6.07) is 0.418. The Morgan fingerprint density at radius 2 is 1.47 bits per heavy atom. The molecule has 4 amide bonds. The molecule has 3 atom stereocenters. The molecule has 0 saturated carbocycles. The van der Waals surface area contributed by atoms with Crippen molar-refractivity contribution in [3.63, 3.8) is 0 Å². The van der Waals surface area contributed by atoms with Crippen molar-refractivity contribution in [2.24, 2.45) is 0 Å². The molecule has 2 rings (SSSR count). The van der Waals surface area contributed by atoms with Gasteiger partial charge in [-0.05, 0) is 37.9 Å². The molecule has 2 fully saturated rings. The molecule has 0 aromatic heterocycles. The molecular formula is C27H50N4O5S2. The summed E-state index contributed by atoms with van der Waals surface area (Å²) < 4.78 is 10.9. The zero-order valence-electron chi connectivity index (χ0n) is 23.0. The second-order valence-electron chi connectivity index (χ2n) is 10.1. The molecule has 0 aliphatic carbocycles. The number of urea groups is 1. The molecule has 0 aromatic carbocycles. The zero-order valence-corrected chi connectivity index (χ0v) is 24.7. The molecule has 0 spiro atoms. The van der Waals surface area contributed by atoms with Crippen molar-refractivity contribution in [2.75, 3.05) is 44.6 Å². The summed E-state index contributed by atoms with van der Waals surface area (Å²) in [5, 5.41) is 12.1. The molecule has 38 heavy (non-hydrogen) atoms. The SMILES string of the molecule is O=C(CCCCCCCCCCS)NCCCOCCOCNC(=O)CCCC[C@@H]1SC[C@@H]2NC(=O)N[C@@H]21. The van der Waals surface area contributed by atoms with Gasteiger partial charge in [0.05, 0.1) is 25.3 Å². The maximum absolute atomic E-state index is 12.0. The normalized spacial score (nSPS) is 20.1.